The first-order valence-electron chi connectivity index (χ1n) is 3.72. The minimum Gasteiger partial charge on any atom is -0.207 e. The van der Waals surface area contributed by atoms with E-state index in [1.807, 2.05) is 0 Å². The van der Waals surface area contributed by atoms with Crippen molar-refractivity contribution in [2.75, 3.05) is 0 Å². The Morgan fingerprint density at radius 1 is 1.23 bits per heavy atom. The van der Waals surface area contributed by atoms with E-state index < -0.39 is 6.69 Å². The van der Waals surface area contributed by atoms with E-state index in [1.165, 1.54) is 12.1 Å². The van der Waals surface area contributed by atoms with Gasteiger partial charge in [0.25, 0.3) is 6.69 Å². The van der Waals surface area contributed by atoms with Crippen molar-refractivity contribution in [3.05, 3.63) is 30.1 Å². The topological polar surface area (TPSA) is 0 Å². The van der Waals surface area contributed by atoms with Gasteiger partial charge in [-0.1, -0.05) is 12.1 Å². The lowest BCUT2D eigenvalue weighted by atomic mass is 10.3. The van der Waals surface area contributed by atoms with Crippen molar-refractivity contribution in [3.8, 4) is 0 Å². The second-order valence-corrected chi connectivity index (χ2v) is 10.6. The molecule has 0 saturated carbocycles. The first kappa shape index (κ1) is 11.3. The molecule has 13 heavy (non-hydrogen) atoms. The molecule has 0 bridgehead atoms. The Morgan fingerprint density at radius 2 is 1.69 bits per heavy atom. The third kappa shape index (κ3) is 2.59. The molecular formula is C8H8Cl3FSi. The first-order chi connectivity index (χ1) is 5.94. The summed E-state index contributed by atoms with van der Waals surface area (Å²) in [5.74, 6) is -0.302. The summed E-state index contributed by atoms with van der Waals surface area (Å²) >= 11 is 18.0. The second-order valence-electron chi connectivity index (χ2n) is 2.75. The standard InChI is InChI=1S/C8H8Cl3FSi/c1-6(9)13(10,11)8-4-2-7(12)3-5-8/h2-6H,1H3. The van der Waals surface area contributed by atoms with E-state index in [0.717, 1.165) is 5.19 Å². The third-order valence-electron chi connectivity index (χ3n) is 1.73. The van der Waals surface area contributed by atoms with Crippen molar-refractivity contribution in [2.24, 2.45) is 0 Å². The van der Waals surface area contributed by atoms with Crippen LogP contribution in [-0.2, 0) is 0 Å². The summed E-state index contributed by atoms with van der Waals surface area (Å²) in [4.78, 5) is 0. The zero-order valence-electron chi connectivity index (χ0n) is 6.90. The fraction of sp³-hybridized carbons (Fsp3) is 0.250. The van der Waals surface area contributed by atoms with Gasteiger partial charge in [-0.05, 0) is 24.2 Å². The summed E-state index contributed by atoms with van der Waals surface area (Å²) in [5, 5.41) is 0.432. The predicted octanol–water partition coefficient (Wildman–Crippen LogP) is 3.12. The smallest absolute Gasteiger partial charge is 0.207 e. The van der Waals surface area contributed by atoms with Crippen molar-refractivity contribution in [1.29, 1.82) is 0 Å². The van der Waals surface area contributed by atoms with Crippen molar-refractivity contribution in [1.82, 2.24) is 0 Å². The van der Waals surface area contributed by atoms with E-state index in [-0.39, 0.29) is 10.8 Å². The van der Waals surface area contributed by atoms with Crippen LogP contribution >= 0.6 is 33.8 Å². The number of benzene rings is 1. The normalized spacial score (nSPS) is 14.2. The minimum absolute atomic E-state index is 0.302. The summed E-state index contributed by atoms with van der Waals surface area (Å²) in [5.41, 5.74) is 0. The predicted molar refractivity (Wildman–Crippen MR) is 58.8 cm³/mol. The largest absolute Gasteiger partial charge is 0.297 e. The highest BCUT2D eigenvalue weighted by Crippen LogP contribution is 2.23. The number of rotatable bonds is 2. The molecule has 1 unspecified atom stereocenters. The van der Waals surface area contributed by atoms with E-state index in [1.54, 1.807) is 19.1 Å². The third-order valence-corrected chi connectivity index (χ3v) is 8.76. The summed E-state index contributed by atoms with van der Waals surface area (Å²) in [6.07, 6.45) is 0. The Kier molecular flexibility index (Phi) is 3.63. The Labute approximate surface area is 92.0 Å². The molecule has 5 heteroatoms. The lowest BCUT2D eigenvalue weighted by molar-refractivity contribution is 0.628. The molecule has 0 amide bonds. The Morgan fingerprint density at radius 3 is 2.08 bits per heavy atom. The van der Waals surface area contributed by atoms with Gasteiger partial charge in [-0.15, -0.1) is 33.8 Å². The van der Waals surface area contributed by atoms with Crippen LogP contribution in [0.25, 0.3) is 0 Å². The summed E-state index contributed by atoms with van der Waals surface area (Å²) in [6.45, 7) is -0.889. The maximum atomic E-state index is 12.6. The average Bonchev–Trinajstić information content (AvgIpc) is 2.04. The number of halogens is 4. The van der Waals surface area contributed by atoms with Crippen molar-refractivity contribution >= 4 is 45.6 Å². The van der Waals surface area contributed by atoms with Crippen LogP contribution in [0.4, 0.5) is 4.39 Å². The molecule has 0 N–H and O–H groups in total. The van der Waals surface area contributed by atoms with E-state index in [2.05, 4.69) is 0 Å². The molecule has 0 aliphatic carbocycles. The molecule has 1 rings (SSSR count). The number of alkyl halides is 1. The molecule has 0 fully saturated rings. The molecule has 72 valence electrons. The Balaban J connectivity index is 3.01. The molecule has 0 aromatic heterocycles. The molecule has 0 heterocycles. The zero-order chi connectivity index (χ0) is 10.1. The van der Waals surface area contributed by atoms with Gasteiger partial charge >= 0.3 is 0 Å². The summed E-state index contributed by atoms with van der Waals surface area (Å²) in [7, 11) is 0. The lowest BCUT2D eigenvalue weighted by Gasteiger charge is -2.19. The van der Waals surface area contributed by atoms with Crippen LogP contribution in [0.15, 0.2) is 24.3 Å². The van der Waals surface area contributed by atoms with Crippen LogP contribution in [0.3, 0.4) is 0 Å². The molecular weight excluding hydrogens is 250 g/mol. The Hall–Kier alpha value is 0.237. The maximum Gasteiger partial charge on any atom is 0.297 e. The van der Waals surface area contributed by atoms with Crippen LogP contribution < -0.4 is 5.19 Å². The first-order valence-corrected chi connectivity index (χ1v) is 8.26. The van der Waals surface area contributed by atoms with Crippen LogP contribution in [0, 0.1) is 5.82 Å². The van der Waals surface area contributed by atoms with Crippen molar-refractivity contribution < 1.29 is 4.39 Å². The van der Waals surface area contributed by atoms with Gasteiger partial charge in [0.05, 0.1) is 5.00 Å². The van der Waals surface area contributed by atoms with Crippen LogP contribution in [0.1, 0.15) is 6.92 Å². The van der Waals surface area contributed by atoms with Crippen molar-refractivity contribution in [2.45, 2.75) is 11.9 Å². The molecule has 0 aliphatic rings. The van der Waals surface area contributed by atoms with Gasteiger partial charge in [0.15, 0.2) is 0 Å². The molecule has 1 aromatic rings. The molecule has 0 nitrogen and oxygen atoms in total. The highest BCUT2D eigenvalue weighted by Gasteiger charge is 2.36. The average molecular weight is 258 g/mol. The summed E-state index contributed by atoms with van der Waals surface area (Å²) in [6, 6.07) is 5.84. The molecule has 1 aromatic carbocycles. The number of hydrogen-bond acceptors (Lipinski definition) is 0. The van der Waals surface area contributed by atoms with Crippen molar-refractivity contribution in [3.63, 3.8) is 0 Å². The monoisotopic (exact) mass is 256 g/mol. The van der Waals surface area contributed by atoms with E-state index >= 15 is 0 Å². The van der Waals surface area contributed by atoms with Gasteiger partial charge in [0.1, 0.15) is 5.82 Å². The van der Waals surface area contributed by atoms with Crippen LogP contribution in [0.5, 0.6) is 0 Å². The fourth-order valence-corrected chi connectivity index (χ4v) is 3.11. The zero-order valence-corrected chi connectivity index (χ0v) is 10.2. The number of hydrogen-bond donors (Lipinski definition) is 0. The van der Waals surface area contributed by atoms with Gasteiger partial charge in [0, 0.05) is 0 Å². The van der Waals surface area contributed by atoms with Crippen LogP contribution in [-0.4, -0.2) is 11.7 Å². The quantitative estimate of drug-likeness (QED) is 0.434. The fourth-order valence-electron chi connectivity index (χ4n) is 0.902. The molecule has 0 saturated heterocycles. The highest BCUT2D eigenvalue weighted by molar-refractivity contribution is 7.52. The molecule has 0 spiro atoms. The lowest BCUT2D eigenvalue weighted by Crippen LogP contribution is -2.44. The minimum atomic E-state index is -2.64. The summed E-state index contributed by atoms with van der Waals surface area (Å²) < 4.78 is 12.6. The van der Waals surface area contributed by atoms with Gasteiger partial charge < -0.3 is 0 Å². The van der Waals surface area contributed by atoms with Gasteiger partial charge in [-0.2, -0.15) is 0 Å². The van der Waals surface area contributed by atoms with E-state index in [9.17, 15) is 4.39 Å². The van der Waals surface area contributed by atoms with E-state index in [0.29, 0.717) is 0 Å². The highest BCUT2D eigenvalue weighted by atomic mass is 35.7. The molecule has 1 atom stereocenters. The SMILES string of the molecule is CC(Cl)[Si](Cl)(Cl)c1ccc(F)cc1. The molecule has 0 radical (unpaired) electrons. The van der Waals surface area contributed by atoms with Crippen LogP contribution in [0.2, 0.25) is 0 Å². The van der Waals surface area contributed by atoms with E-state index in [4.69, 9.17) is 33.8 Å². The Bertz CT molecular complexity index is 284. The van der Waals surface area contributed by atoms with Gasteiger partial charge in [-0.25, -0.2) is 4.39 Å². The molecule has 0 aliphatic heterocycles. The second kappa shape index (κ2) is 4.18. The van der Waals surface area contributed by atoms with Gasteiger partial charge in [-0.3, -0.25) is 0 Å². The maximum absolute atomic E-state index is 12.6. The van der Waals surface area contributed by atoms with Gasteiger partial charge in [0.2, 0.25) is 0 Å².